The predicted molar refractivity (Wildman–Crippen MR) is 144 cm³/mol. The van der Waals surface area contributed by atoms with Gasteiger partial charge in [0.2, 0.25) is 0 Å². The van der Waals surface area contributed by atoms with Crippen molar-refractivity contribution in [3.8, 4) is 11.5 Å². The summed E-state index contributed by atoms with van der Waals surface area (Å²) in [6.45, 7) is -2.18. The van der Waals surface area contributed by atoms with Crippen molar-refractivity contribution in [2.45, 2.75) is 12.3 Å². The van der Waals surface area contributed by atoms with Crippen molar-refractivity contribution in [1.82, 2.24) is 20.0 Å². The molecule has 14 nitrogen and oxygen atoms in total. The molecule has 6 rings (SSSR count). The first-order valence-electron chi connectivity index (χ1n) is 12.4. The third-order valence-electron chi connectivity index (χ3n) is 7.28. The fourth-order valence-electron chi connectivity index (χ4n) is 5.46. The first-order chi connectivity index (χ1) is 19.6. The third kappa shape index (κ3) is 3.63. The molecule has 2 amide bonds. The highest BCUT2D eigenvalue weighted by Gasteiger charge is 2.43. The Balaban J connectivity index is 1.84. The lowest BCUT2D eigenvalue weighted by Crippen LogP contribution is -2.50. The van der Waals surface area contributed by atoms with Gasteiger partial charge in [0.05, 0.1) is 52.4 Å². The number of hydrogen-bond acceptors (Lipinski definition) is 11. The second-order valence-electron chi connectivity index (χ2n) is 9.65. The van der Waals surface area contributed by atoms with E-state index in [0.717, 1.165) is 4.57 Å². The summed E-state index contributed by atoms with van der Waals surface area (Å²) in [6.07, 6.45) is -2.03. The summed E-state index contributed by atoms with van der Waals surface area (Å²) in [7, 11) is 0. The lowest BCUT2D eigenvalue weighted by Gasteiger charge is -2.20. The molecule has 14 heteroatoms. The van der Waals surface area contributed by atoms with Gasteiger partial charge in [0, 0.05) is 33.7 Å². The number of benzene rings is 3. The zero-order chi connectivity index (χ0) is 29.3. The van der Waals surface area contributed by atoms with Crippen LogP contribution in [0.4, 0.5) is 0 Å². The number of nitrogens with zero attached hydrogens (tertiary/aromatic N) is 2. The molecule has 1 aliphatic heterocycles. The Kier molecular flexibility index (Phi) is 6.02. The van der Waals surface area contributed by atoms with Gasteiger partial charge in [-0.25, -0.2) is 10.4 Å². The molecule has 3 aromatic carbocycles. The van der Waals surface area contributed by atoms with Crippen LogP contribution in [0.2, 0.25) is 0 Å². The molecule has 0 fully saturated rings. The Labute approximate surface area is 228 Å². The zero-order valence-electron chi connectivity index (χ0n) is 21.0. The number of rotatable bonds is 7. The number of fused-ring (bicyclic) bond motifs is 10. The van der Waals surface area contributed by atoms with Gasteiger partial charge in [-0.05, 0) is 24.3 Å². The number of phenolic OH excluding ortho intramolecular Hbond substituents is 2. The normalized spacial score (nSPS) is 15.2. The summed E-state index contributed by atoms with van der Waals surface area (Å²) in [5.74, 6) is -3.90. The van der Waals surface area contributed by atoms with Gasteiger partial charge < -0.3 is 50.4 Å². The second kappa shape index (κ2) is 9.36. The lowest BCUT2D eigenvalue weighted by molar-refractivity contribution is 0.0458. The van der Waals surface area contributed by atoms with Crippen LogP contribution in [0.25, 0.3) is 43.6 Å². The summed E-state index contributed by atoms with van der Waals surface area (Å²) in [6, 6.07) is 7.27. The summed E-state index contributed by atoms with van der Waals surface area (Å²) in [5.41, 5.74) is 3.14. The fourth-order valence-corrected chi connectivity index (χ4v) is 5.46. The summed E-state index contributed by atoms with van der Waals surface area (Å²) in [5, 5.41) is 82.6. The molecule has 1 aliphatic rings. The average molecular weight is 565 g/mol. The maximum Gasteiger partial charge on any atom is 0.276 e. The Morgan fingerprint density at radius 2 is 1.49 bits per heavy atom. The van der Waals surface area contributed by atoms with Crippen LogP contribution < -0.4 is 5.43 Å². The van der Waals surface area contributed by atoms with Crippen molar-refractivity contribution in [2.24, 2.45) is 0 Å². The van der Waals surface area contributed by atoms with Gasteiger partial charge in [-0.1, -0.05) is 0 Å². The summed E-state index contributed by atoms with van der Waals surface area (Å²) >= 11 is 0. The van der Waals surface area contributed by atoms with Crippen molar-refractivity contribution in [1.29, 1.82) is 0 Å². The number of carbonyl (C=O) groups excluding carboxylic acids is 2. The highest BCUT2D eigenvalue weighted by molar-refractivity contribution is 6.39. The first kappa shape index (κ1) is 26.4. The lowest BCUT2D eigenvalue weighted by atomic mass is 9.96. The molecule has 0 saturated carbocycles. The quantitative estimate of drug-likeness (QED) is 0.0993. The number of hydrogen-bond donors (Lipinski definition) is 10. The largest absolute Gasteiger partial charge is 0.508 e. The second-order valence-corrected chi connectivity index (χ2v) is 9.65. The number of aliphatic hydroxyl groups is 6. The Morgan fingerprint density at radius 1 is 0.878 bits per heavy atom. The maximum absolute atomic E-state index is 13.9. The van der Waals surface area contributed by atoms with Gasteiger partial charge >= 0.3 is 0 Å². The standard InChI is InChI=1S/C27H24N4O10/c32-7-10(8-33)29-31-25(39)20-18-13-3-1-11(35)5-15(13)28-22(18)23-19(21(20)26(31)40)14-4-2-12(36)6-16(14)30(23)27(41)24(38)17(37)9-34/h1-6,10,27-29,32-38,41H,7-9H2/b24-17-. The van der Waals surface area contributed by atoms with E-state index in [4.69, 9.17) is 0 Å². The van der Waals surface area contributed by atoms with Gasteiger partial charge in [0.15, 0.2) is 17.7 Å². The minimum Gasteiger partial charge on any atom is -0.508 e. The van der Waals surface area contributed by atoms with Crippen molar-refractivity contribution in [2.75, 3.05) is 19.8 Å². The minimum atomic E-state index is -2.03. The van der Waals surface area contributed by atoms with Crippen LogP contribution >= 0.6 is 0 Å². The molecule has 0 bridgehead atoms. The van der Waals surface area contributed by atoms with Gasteiger partial charge in [-0.2, -0.15) is 0 Å². The monoisotopic (exact) mass is 564 g/mol. The number of nitrogens with one attached hydrogen (secondary N) is 2. The number of aromatic amines is 1. The van der Waals surface area contributed by atoms with Crippen LogP contribution in [0.3, 0.4) is 0 Å². The average Bonchev–Trinajstić information content (AvgIpc) is 3.57. The zero-order valence-corrected chi connectivity index (χ0v) is 21.0. The molecule has 41 heavy (non-hydrogen) atoms. The Morgan fingerprint density at radius 3 is 2.12 bits per heavy atom. The first-order valence-corrected chi connectivity index (χ1v) is 12.4. The van der Waals surface area contributed by atoms with Crippen molar-refractivity contribution < 1.29 is 50.4 Å². The topological polar surface area (TPSA) is 232 Å². The van der Waals surface area contributed by atoms with Crippen molar-refractivity contribution >= 4 is 55.4 Å². The van der Waals surface area contributed by atoms with E-state index in [2.05, 4.69) is 10.4 Å². The van der Waals surface area contributed by atoms with E-state index >= 15 is 0 Å². The summed E-state index contributed by atoms with van der Waals surface area (Å²) in [4.78, 5) is 30.8. The van der Waals surface area contributed by atoms with Crippen LogP contribution in [0.1, 0.15) is 26.9 Å². The molecule has 3 heterocycles. The van der Waals surface area contributed by atoms with Gasteiger partial charge in [-0.3, -0.25) is 9.59 Å². The molecule has 5 aromatic rings. The number of H-pyrrole nitrogens is 1. The number of aliphatic hydroxyl groups excluding tert-OH is 6. The molecule has 1 unspecified atom stereocenters. The number of aromatic hydroxyl groups is 2. The van der Waals surface area contributed by atoms with E-state index in [-0.39, 0.29) is 55.3 Å². The van der Waals surface area contributed by atoms with Gasteiger partial charge in [-0.15, -0.1) is 0 Å². The number of carbonyl (C=O) groups is 2. The van der Waals surface area contributed by atoms with Crippen LogP contribution in [0.15, 0.2) is 47.9 Å². The van der Waals surface area contributed by atoms with E-state index < -0.39 is 55.4 Å². The molecule has 0 aliphatic carbocycles. The number of aromatic nitrogens is 2. The Bertz CT molecular complexity index is 1950. The van der Waals surface area contributed by atoms with E-state index in [9.17, 15) is 50.4 Å². The smallest absolute Gasteiger partial charge is 0.276 e. The van der Waals surface area contributed by atoms with Gasteiger partial charge in [0.25, 0.3) is 11.8 Å². The fraction of sp³-hybridized carbons (Fsp3) is 0.185. The summed E-state index contributed by atoms with van der Waals surface area (Å²) < 4.78 is 1.13. The molecular formula is C27H24N4O10. The van der Waals surface area contributed by atoms with Crippen LogP contribution in [-0.4, -0.2) is 93.1 Å². The van der Waals surface area contributed by atoms with E-state index in [0.29, 0.717) is 15.9 Å². The SMILES string of the molecule is O=C1c2c(c3c4ccc(O)cc4n(C(O)/C(O)=C(/O)CO)c3c3[nH]c4cc(O)ccc4c23)C(=O)N1NC(CO)CO. The third-order valence-corrected chi connectivity index (χ3v) is 7.28. The van der Waals surface area contributed by atoms with E-state index in [1.165, 1.54) is 36.4 Å². The molecule has 212 valence electrons. The Hall–Kier alpha value is -4.86. The molecule has 0 saturated heterocycles. The molecule has 1 atom stereocenters. The van der Waals surface area contributed by atoms with Crippen molar-refractivity contribution in [3.63, 3.8) is 0 Å². The molecule has 2 aromatic heterocycles. The number of amides is 2. The van der Waals surface area contributed by atoms with E-state index in [1.807, 2.05) is 0 Å². The van der Waals surface area contributed by atoms with Crippen LogP contribution in [-0.2, 0) is 0 Å². The van der Waals surface area contributed by atoms with Gasteiger partial charge in [0.1, 0.15) is 18.1 Å². The number of phenols is 2. The molecular weight excluding hydrogens is 540 g/mol. The molecule has 10 N–H and O–H groups in total. The van der Waals surface area contributed by atoms with Crippen LogP contribution in [0, 0.1) is 0 Å². The van der Waals surface area contributed by atoms with E-state index in [1.54, 1.807) is 0 Å². The minimum absolute atomic E-state index is 0.0452. The highest BCUT2D eigenvalue weighted by Crippen LogP contribution is 2.46. The highest BCUT2D eigenvalue weighted by atomic mass is 16.4. The maximum atomic E-state index is 13.9. The molecule has 0 radical (unpaired) electrons. The number of hydrazine groups is 1. The number of imide groups is 1. The van der Waals surface area contributed by atoms with Crippen LogP contribution in [0.5, 0.6) is 11.5 Å². The molecule has 0 spiro atoms. The predicted octanol–water partition coefficient (Wildman–Crippen LogP) is 1.10. The van der Waals surface area contributed by atoms with Crippen molar-refractivity contribution in [3.05, 3.63) is 59.0 Å².